The third-order valence-corrected chi connectivity index (χ3v) is 2.55. The van der Waals surface area contributed by atoms with Crippen molar-refractivity contribution < 1.29 is 9.13 Å². The molecule has 0 radical (unpaired) electrons. The van der Waals surface area contributed by atoms with Gasteiger partial charge in [0.05, 0.1) is 5.54 Å². The summed E-state index contributed by atoms with van der Waals surface area (Å²) < 4.78 is 18.4. The summed E-state index contributed by atoms with van der Waals surface area (Å²) in [4.78, 5) is 0. The Labute approximate surface area is 82.9 Å². The number of hydrogen-bond donors (Lipinski definition) is 1. The summed E-state index contributed by atoms with van der Waals surface area (Å²) in [6, 6.07) is 4.75. The standard InChI is InChI=1S/C11H14FNO/c1-8-6-9(2-3-10(8)12)14-7-11(13)4-5-11/h2-3,6H,4-5,7,13H2,1H3. The number of aryl methyl sites for hydroxylation is 1. The van der Waals surface area contributed by atoms with E-state index in [2.05, 4.69) is 0 Å². The Hall–Kier alpha value is -1.09. The molecule has 0 atom stereocenters. The molecule has 0 aromatic heterocycles. The number of ether oxygens (including phenoxy) is 1. The molecule has 1 aromatic rings. The number of nitrogens with two attached hydrogens (primary N) is 1. The Balaban J connectivity index is 1.99. The molecule has 0 amide bonds. The number of halogens is 1. The highest BCUT2D eigenvalue weighted by Gasteiger charge is 2.39. The molecule has 0 spiro atoms. The van der Waals surface area contributed by atoms with E-state index in [4.69, 9.17) is 10.5 Å². The van der Waals surface area contributed by atoms with Crippen molar-refractivity contribution in [2.24, 2.45) is 5.73 Å². The maximum Gasteiger partial charge on any atom is 0.126 e. The summed E-state index contributed by atoms with van der Waals surface area (Å²) in [5.74, 6) is 0.492. The van der Waals surface area contributed by atoms with Crippen LogP contribution in [0.5, 0.6) is 5.75 Å². The molecule has 2 nitrogen and oxygen atoms in total. The highest BCUT2D eigenvalue weighted by molar-refractivity contribution is 5.29. The van der Waals surface area contributed by atoms with E-state index >= 15 is 0 Å². The lowest BCUT2D eigenvalue weighted by molar-refractivity contribution is 0.279. The Bertz CT molecular complexity index is 347. The molecule has 0 aliphatic heterocycles. The van der Waals surface area contributed by atoms with Crippen LogP contribution in [0.3, 0.4) is 0 Å². The minimum atomic E-state index is -0.203. The molecular weight excluding hydrogens is 181 g/mol. The summed E-state index contributed by atoms with van der Waals surface area (Å²) in [5.41, 5.74) is 6.34. The van der Waals surface area contributed by atoms with Gasteiger partial charge in [-0.05, 0) is 43.5 Å². The van der Waals surface area contributed by atoms with Gasteiger partial charge in [0.15, 0.2) is 0 Å². The molecule has 1 saturated carbocycles. The van der Waals surface area contributed by atoms with E-state index in [0.29, 0.717) is 17.9 Å². The fourth-order valence-corrected chi connectivity index (χ4v) is 1.24. The third-order valence-electron chi connectivity index (χ3n) is 2.55. The van der Waals surface area contributed by atoms with Crippen LogP contribution < -0.4 is 10.5 Å². The van der Waals surface area contributed by atoms with Crippen LogP contribution in [-0.4, -0.2) is 12.1 Å². The maximum atomic E-state index is 12.9. The predicted molar refractivity (Wildman–Crippen MR) is 52.8 cm³/mol. The molecule has 1 fully saturated rings. The van der Waals surface area contributed by atoms with Crippen LogP contribution in [0, 0.1) is 12.7 Å². The van der Waals surface area contributed by atoms with Crippen LogP contribution >= 0.6 is 0 Å². The molecule has 3 heteroatoms. The van der Waals surface area contributed by atoms with E-state index in [9.17, 15) is 4.39 Å². The molecule has 2 N–H and O–H groups in total. The van der Waals surface area contributed by atoms with Crippen molar-refractivity contribution in [2.75, 3.05) is 6.61 Å². The SMILES string of the molecule is Cc1cc(OCC2(N)CC2)ccc1F. The van der Waals surface area contributed by atoms with Crippen LogP contribution in [0.15, 0.2) is 18.2 Å². The molecule has 1 aromatic carbocycles. The molecular formula is C11H14FNO. The van der Waals surface area contributed by atoms with Gasteiger partial charge < -0.3 is 10.5 Å². The lowest BCUT2D eigenvalue weighted by Gasteiger charge is -2.11. The zero-order valence-electron chi connectivity index (χ0n) is 8.22. The average molecular weight is 195 g/mol. The summed E-state index contributed by atoms with van der Waals surface area (Å²) in [6.07, 6.45) is 2.04. The fourth-order valence-electron chi connectivity index (χ4n) is 1.24. The van der Waals surface area contributed by atoms with E-state index in [1.54, 1.807) is 19.1 Å². The Kier molecular flexibility index (Phi) is 2.19. The highest BCUT2D eigenvalue weighted by Crippen LogP contribution is 2.32. The lowest BCUT2D eigenvalue weighted by Crippen LogP contribution is -2.29. The number of hydrogen-bond acceptors (Lipinski definition) is 2. The van der Waals surface area contributed by atoms with Crippen LogP contribution in [0.25, 0.3) is 0 Å². The summed E-state index contributed by atoms with van der Waals surface area (Å²) in [7, 11) is 0. The van der Waals surface area contributed by atoms with Crippen molar-refractivity contribution in [2.45, 2.75) is 25.3 Å². The Morgan fingerprint density at radius 1 is 1.50 bits per heavy atom. The van der Waals surface area contributed by atoms with Gasteiger partial charge in [-0.1, -0.05) is 0 Å². The molecule has 0 unspecified atom stereocenters. The fraction of sp³-hybridized carbons (Fsp3) is 0.455. The van der Waals surface area contributed by atoms with E-state index in [1.165, 1.54) is 6.07 Å². The van der Waals surface area contributed by atoms with Gasteiger partial charge >= 0.3 is 0 Å². The molecule has 0 heterocycles. The van der Waals surface area contributed by atoms with E-state index in [-0.39, 0.29) is 11.4 Å². The minimum Gasteiger partial charge on any atom is -0.492 e. The van der Waals surface area contributed by atoms with Crippen molar-refractivity contribution in [1.29, 1.82) is 0 Å². The van der Waals surface area contributed by atoms with Gasteiger partial charge in [-0.15, -0.1) is 0 Å². The Morgan fingerprint density at radius 3 is 2.79 bits per heavy atom. The summed E-state index contributed by atoms with van der Waals surface area (Å²) in [6.45, 7) is 2.25. The van der Waals surface area contributed by atoms with E-state index in [0.717, 1.165) is 12.8 Å². The second-order valence-corrected chi connectivity index (χ2v) is 4.06. The van der Waals surface area contributed by atoms with Gasteiger partial charge in [0.25, 0.3) is 0 Å². The first-order valence-electron chi connectivity index (χ1n) is 4.77. The van der Waals surface area contributed by atoms with Crippen LogP contribution in [0.2, 0.25) is 0 Å². The molecule has 1 aliphatic carbocycles. The van der Waals surface area contributed by atoms with Gasteiger partial charge in [0.2, 0.25) is 0 Å². The van der Waals surface area contributed by atoms with Crippen molar-refractivity contribution in [3.8, 4) is 5.75 Å². The van der Waals surface area contributed by atoms with Gasteiger partial charge in [-0.2, -0.15) is 0 Å². The summed E-state index contributed by atoms with van der Waals surface area (Å²) in [5, 5.41) is 0. The van der Waals surface area contributed by atoms with Gasteiger partial charge in [0, 0.05) is 0 Å². The smallest absolute Gasteiger partial charge is 0.126 e. The molecule has 1 aliphatic rings. The van der Waals surface area contributed by atoms with Crippen molar-refractivity contribution in [3.63, 3.8) is 0 Å². The van der Waals surface area contributed by atoms with E-state index in [1.807, 2.05) is 0 Å². The molecule has 76 valence electrons. The molecule has 0 bridgehead atoms. The monoisotopic (exact) mass is 195 g/mol. The molecule has 0 saturated heterocycles. The first-order chi connectivity index (χ1) is 6.59. The van der Waals surface area contributed by atoms with E-state index < -0.39 is 0 Å². The quantitative estimate of drug-likeness (QED) is 0.800. The molecule has 14 heavy (non-hydrogen) atoms. The first-order valence-corrected chi connectivity index (χ1v) is 4.77. The molecule has 2 rings (SSSR count). The van der Waals surface area contributed by atoms with Gasteiger partial charge in [-0.25, -0.2) is 4.39 Å². The topological polar surface area (TPSA) is 35.2 Å². The average Bonchev–Trinajstić information content (AvgIpc) is 2.87. The Morgan fingerprint density at radius 2 is 2.21 bits per heavy atom. The van der Waals surface area contributed by atoms with Crippen LogP contribution in [0.1, 0.15) is 18.4 Å². The van der Waals surface area contributed by atoms with Gasteiger partial charge in [0.1, 0.15) is 18.2 Å². The number of rotatable bonds is 3. The summed E-state index contributed by atoms with van der Waals surface area (Å²) >= 11 is 0. The predicted octanol–water partition coefficient (Wildman–Crippen LogP) is 2.00. The normalized spacial score (nSPS) is 17.9. The zero-order chi connectivity index (χ0) is 10.2. The number of benzene rings is 1. The van der Waals surface area contributed by atoms with Crippen LogP contribution in [0.4, 0.5) is 4.39 Å². The highest BCUT2D eigenvalue weighted by atomic mass is 19.1. The van der Waals surface area contributed by atoms with Crippen molar-refractivity contribution in [3.05, 3.63) is 29.6 Å². The van der Waals surface area contributed by atoms with Crippen molar-refractivity contribution >= 4 is 0 Å². The lowest BCUT2D eigenvalue weighted by atomic mass is 10.2. The van der Waals surface area contributed by atoms with Gasteiger partial charge in [-0.3, -0.25) is 0 Å². The second kappa shape index (κ2) is 3.24. The second-order valence-electron chi connectivity index (χ2n) is 4.06. The minimum absolute atomic E-state index is 0.123. The van der Waals surface area contributed by atoms with Crippen molar-refractivity contribution in [1.82, 2.24) is 0 Å². The zero-order valence-corrected chi connectivity index (χ0v) is 8.22. The maximum absolute atomic E-state index is 12.9. The first kappa shape index (κ1) is 9.46. The van der Waals surface area contributed by atoms with Crippen LogP contribution in [-0.2, 0) is 0 Å². The largest absolute Gasteiger partial charge is 0.492 e. The third kappa shape index (κ3) is 2.04.